The molecule has 0 radical (unpaired) electrons. The molecular weight excluding hydrogens is 359 g/mol. The highest BCUT2D eigenvalue weighted by Gasteiger charge is 2.44. The van der Waals surface area contributed by atoms with Crippen LogP contribution in [0.15, 0.2) is 42.6 Å². The van der Waals surface area contributed by atoms with Crippen molar-refractivity contribution in [3.05, 3.63) is 54.1 Å². The summed E-state index contributed by atoms with van der Waals surface area (Å²) in [5.74, 6) is -0.327. The van der Waals surface area contributed by atoms with E-state index in [1.165, 1.54) is 12.1 Å². The zero-order valence-electron chi connectivity index (χ0n) is 16.0. The summed E-state index contributed by atoms with van der Waals surface area (Å²) >= 11 is 0. The molecule has 3 heterocycles. The van der Waals surface area contributed by atoms with Crippen LogP contribution in [0, 0.1) is 11.2 Å². The second-order valence-corrected chi connectivity index (χ2v) is 7.95. The molecule has 0 unspecified atom stereocenters. The van der Waals surface area contributed by atoms with Gasteiger partial charge in [-0.2, -0.15) is 0 Å². The molecule has 0 aliphatic carbocycles. The molecule has 2 aliphatic heterocycles. The van der Waals surface area contributed by atoms with Gasteiger partial charge >= 0.3 is 6.03 Å². The lowest BCUT2D eigenvalue weighted by molar-refractivity contribution is 0.0529. The first kappa shape index (κ1) is 18.5. The molecule has 2 fully saturated rings. The number of likely N-dealkylation sites (tertiary alicyclic amines) is 2. The highest BCUT2D eigenvalue weighted by atomic mass is 19.1. The molecule has 2 saturated heterocycles. The Hall–Kier alpha value is -2.83. The highest BCUT2D eigenvalue weighted by Crippen LogP contribution is 2.39. The molecular formula is C21H25FN4O2. The standard InChI is InChI=1S/C21H25FN4O2/c1-24-10-3-7-18(24)19(27)25-11-4-8-21(14-25)9-12-26(15-21)20(28)23-17-6-2-5-16(22)13-17/h2-3,5-7,10,13H,4,8-9,11-12,14-15H2,1H3,(H,23,28)/t21-/m1/s1. The van der Waals surface area contributed by atoms with E-state index in [-0.39, 0.29) is 23.2 Å². The Balaban J connectivity index is 1.41. The van der Waals surface area contributed by atoms with Crippen molar-refractivity contribution in [1.82, 2.24) is 14.4 Å². The number of nitrogens with zero attached hydrogens (tertiary/aromatic N) is 3. The first-order valence-electron chi connectivity index (χ1n) is 9.68. The fourth-order valence-corrected chi connectivity index (χ4v) is 4.44. The predicted octanol–water partition coefficient (Wildman–Crippen LogP) is 3.32. The summed E-state index contributed by atoms with van der Waals surface area (Å²) in [6, 6.07) is 9.41. The Morgan fingerprint density at radius 1 is 1.07 bits per heavy atom. The smallest absolute Gasteiger partial charge is 0.321 e. The normalized spacial score (nSPS) is 21.9. The summed E-state index contributed by atoms with van der Waals surface area (Å²) < 4.78 is 15.2. The molecule has 2 aromatic rings. The van der Waals surface area contributed by atoms with Crippen LogP contribution < -0.4 is 5.32 Å². The average Bonchev–Trinajstić information content (AvgIpc) is 3.28. The Labute approximate surface area is 163 Å². The largest absolute Gasteiger partial charge is 0.347 e. The van der Waals surface area contributed by atoms with Crippen LogP contribution in [0.25, 0.3) is 0 Å². The van der Waals surface area contributed by atoms with Gasteiger partial charge in [0.1, 0.15) is 11.5 Å². The minimum atomic E-state index is -0.377. The summed E-state index contributed by atoms with van der Waals surface area (Å²) in [5.41, 5.74) is 1.09. The molecule has 0 bridgehead atoms. The van der Waals surface area contributed by atoms with Crippen molar-refractivity contribution in [3.63, 3.8) is 0 Å². The van der Waals surface area contributed by atoms with E-state index in [1.807, 2.05) is 34.8 Å². The maximum absolute atomic E-state index is 13.3. The van der Waals surface area contributed by atoms with Gasteiger partial charge in [-0.1, -0.05) is 6.07 Å². The number of hydrogen-bond acceptors (Lipinski definition) is 2. The van der Waals surface area contributed by atoms with Crippen LogP contribution in [-0.2, 0) is 7.05 Å². The van der Waals surface area contributed by atoms with Crippen molar-refractivity contribution < 1.29 is 14.0 Å². The molecule has 6 nitrogen and oxygen atoms in total. The number of carbonyl (C=O) groups excluding carboxylic acids is 2. The van der Waals surface area contributed by atoms with Crippen molar-refractivity contribution >= 4 is 17.6 Å². The number of aryl methyl sites for hydroxylation is 1. The third-order valence-corrected chi connectivity index (χ3v) is 5.91. The van der Waals surface area contributed by atoms with Crippen molar-refractivity contribution in [2.75, 3.05) is 31.5 Å². The molecule has 1 N–H and O–H groups in total. The van der Waals surface area contributed by atoms with Gasteiger partial charge in [-0.05, 0) is 49.6 Å². The van der Waals surface area contributed by atoms with Crippen molar-refractivity contribution in [2.45, 2.75) is 19.3 Å². The van der Waals surface area contributed by atoms with Gasteiger partial charge in [-0.3, -0.25) is 4.79 Å². The number of hydrogen-bond donors (Lipinski definition) is 1. The fraction of sp³-hybridized carbons (Fsp3) is 0.429. The van der Waals surface area contributed by atoms with E-state index in [9.17, 15) is 14.0 Å². The molecule has 1 aromatic heterocycles. The van der Waals surface area contributed by atoms with Gasteiger partial charge in [0.05, 0.1) is 0 Å². The summed E-state index contributed by atoms with van der Waals surface area (Å²) in [5, 5.41) is 2.77. The number of nitrogens with one attached hydrogen (secondary N) is 1. The average molecular weight is 384 g/mol. The molecule has 1 atom stereocenters. The first-order chi connectivity index (χ1) is 13.5. The number of urea groups is 1. The van der Waals surface area contributed by atoms with Crippen LogP contribution >= 0.6 is 0 Å². The molecule has 4 rings (SSSR count). The van der Waals surface area contributed by atoms with Gasteiger partial charge in [0.25, 0.3) is 5.91 Å². The molecule has 28 heavy (non-hydrogen) atoms. The Morgan fingerprint density at radius 2 is 1.89 bits per heavy atom. The lowest BCUT2D eigenvalue weighted by atomic mass is 9.79. The molecule has 1 aromatic carbocycles. The van der Waals surface area contributed by atoms with E-state index in [2.05, 4.69) is 5.32 Å². The zero-order valence-corrected chi connectivity index (χ0v) is 16.0. The molecule has 7 heteroatoms. The van der Waals surface area contributed by atoms with E-state index in [0.717, 1.165) is 25.8 Å². The summed E-state index contributed by atoms with van der Waals surface area (Å²) in [6.45, 7) is 2.68. The maximum Gasteiger partial charge on any atom is 0.321 e. The Bertz CT molecular complexity index is 896. The van der Waals surface area contributed by atoms with E-state index in [4.69, 9.17) is 0 Å². The van der Waals surface area contributed by atoms with Crippen LogP contribution in [0.4, 0.5) is 14.9 Å². The van der Waals surface area contributed by atoms with E-state index >= 15 is 0 Å². The lowest BCUT2D eigenvalue weighted by Crippen LogP contribution is -2.48. The van der Waals surface area contributed by atoms with Gasteiger partial charge in [-0.15, -0.1) is 0 Å². The first-order valence-corrected chi connectivity index (χ1v) is 9.68. The minimum absolute atomic E-state index is 0.0502. The number of benzene rings is 1. The van der Waals surface area contributed by atoms with E-state index in [0.29, 0.717) is 31.0 Å². The number of halogens is 1. The second-order valence-electron chi connectivity index (χ2n) is 7.95. The van der Waals surface area contributed by atoms with Crippen LogP contribution in [0.1, 0.15) is 29.8 Å². The van der Waals surface area contributed by atoms with Crippen molar-refractivity contribution in [1.29, 1.82) is 0 Å². The van der Waals surface area contributed by atoms with Crippen LogP contribution in [0.2, 0.25) is 0 Å². The maximum atomic E-state index is 13.3. The highest BCUT2D eigenvalue weighted by molar-refractivity contribution is 5.93. The number of anilines is 1. The molecule has 0 saturated carbocycles. The minimum Gasteiger partial charge on any atom is -0.347 e. The SMILES string of the molecule is Cn1cccc1C(=O)N1CCC[C@@]2(CCN(C(=O)Nc3cccc(F)c3)C2)C1. The van der Waals surface area contributed by atoms with Gasteiger partial charge in [0.15, 0.2) is 0 Å². The van der Waals surface area contributed by atoms with Gasteiger partial charge in [0.2, 0.25) is 0 Å². The molecule has 3 amide bonds. The van der Waals surface area contributed by atoms with Crippen molar-refractivity contribution in [3.8, 4) is 0 Å². The third-order valence-electron chi connectivity index (χ3n) is 5.91. The molecule has 2 aliphatic rings. The van der Waals surface area contributed by atoms with Crippen molar-refractivity contribution in [2.24, 2.45) is 12.5 Å². The Kier molecular flexibility index (Phi) is 4.83. The quantitative estimate of drug-likeness (QED) is 0.864. The van der Waals surface area contributed by atoms with Crippen LogP contribution in [0.3, 0.4) is 0 Å². The second kappa shape index (κ2) is 7.30. The number of rotatable bonds is 2. The summed E-state index contributed by atoms with van der Waals surface area (Å²) in [4.78, 5) is 29.2. The number of amides is 3. The zero-order chi connectivity index (χ0) is 19.7. The van der Waals surface area contributed by atoms with Gasteiger partial charge in [-0.25, -0.2) is 9.18 Å². The van der Waals surface area contributed by atoms with E-state index < -0.39 is 0 Å². The Morgan fingerprint density at radius 3 is 2.64 bits per heavy atom. The lowest BCUT2D eigenvalue weighted by Gasteiger charge is -2.40. The van der Waals surface area contributed by atoms with E-state index in [1.54, 1.807) is 17.0 Å². The van der Waals surface area contributed by atoms with Crippen LogP contribution in [0.5, 0.6) is 0 Å². The van der Waals surface area contributed by atoms with Gasteiger partial charge < -0.3 is 19.7 Å². The molecule has 148 valence electrons. The number of piperidine rings is 1. The monoisotopic (exact) mass is 384 g/mol. The number of carbonyl (C=O) groups is 2. The molecule has 1 spiro atoms. The summed E-state index contributed by atoms with van der Waals surface area (Å²) in [6.07, 6.45) is 4.70. The van der Waals surface area contributed by atoms with Gasteiger partial charge in [0, 0.05) is 50.5 Å². The topological polar surface area (TPSA) is 57.6 Å². The van der Waals surface area contributed by atoms with Crippen LogP contribution in [-0.4, -0.2) is 52.5 Å². The summed E-state index contributed by atoms with van der Waals surface area (Å²) in [7, 11) is 1.88. The predicted molar refractivity (Wildman–Crippen MR) is 105 cm³/mol. The fourth-order valence-electron chi connectivity index (χ4n) is 4.44. The number of aromatic nitrogens is 1. The third kappa shape index (κ3) is 3.61.